The highest BCUT2D eigenvalue weighted by atomic mass is 16.6. The fraction of sp³-hybridized carbons (Fsp3) is 1.00. The van der Waals surface area contributed by atoms with Crippen LogP contribution in [0, 0.1) is 5.41 Å². The van der Waals surface area contributed by atoms with Crippen molar-refractivity contribution in [3.05, 3.63) is 0 Å². The molecule has 2 unspecified atom stereocenters. The van der Waals surface area contributed by atoms with Crippen molar-refractivity contribution >= 4 is 0 Å². The minimum Gasteiger partial charge on any atom is -0.390 e. The Labute approximate surface area is 122 Å². The van der Waals surface area contributed by atoms with Crippen LogP contribution < -0.4 is 0 Å². The lowest BCUT2D eigenvalue weighted by molar-refractivity contribution is -0.121. The Bertz CT molecular complexity index is 244. The normalized spacial score (nSPS) is 25.8. The van der Waals surface area contributed by atoms with Gasteiger partial charge in [0.25, 0.3) is 0 Å². The predicted molar refractivity (Wildman–Crippen MR) is 76.9 cm³/mol. The molecule has 1 saturated carbocycles. The fourth-order valence-electron chi connectivity index (χ4n) is 2.46. The van der Waals surface area contributed by atoms with Gasteiger partial charge >= 0.3 is 0 Å². The second-order valence-corrected chi connectivity index (χ2v) is 5.95. The minimum atomic E-state index is -0.381. The van der Waals surface area contributed by atoms with E-state index < -0.39 is 0 Å². The summed E-state index contributed by atoms with van der Waals surface area (Å²) in [7, 11) is 1.65. The maximum atomic E-state index is 10.2. The van der Waals surface area contributed by atoms with Gasteiger partial charge in [0.2, 0.25) is 0 Å². The van der Waals surface area contributed by atoms with Crippen molar-refractivity contribution < 1.29 is 24.1 Å². The molecule has 1 N–H and O–H groups in total. The van der Waals surface area contributed by atoms with Crippen molar-refractivity contribution in [1.82, 2.24) is 0 Å². The summed E-state index contributed by atoms with van der Waals surface area (Å²) in [4.78, 5) is 0. The molecule has 0 heterocycles. The van der Waals surface area contributed by atoms with E-state index in [1.165, 1.54) is 0 Å². The van der Waals surface area contributed by atoms with Gasteiger partial charge in [-0.15, -0.1) is 0 Å². The standard InChI is InChI=1S/C15H30O5/c1-15(2)6-4-5-13(14(15)16)20-12-11-19-10-9-18-8-7-17-3/h13-14,16H,4-12H2,1-3H3. The highest BCUT2D eigenvalue weighted by molar-refractivity contribution is 4.88. The molecule has 0 aromatic rings. The molecule has 1 aliphatic rings. The molecule has 0 spiro atoms. The Morgan fingerprint density at radius 3 is 2.25 bits per heavy atom. The van der Waals surface area contributed by atoms with Crippen LogP contribution in [0.15, 0.2) is 0 Å². The molecule has 0 bridgehead atoms. The van der Waals surface area contributed by atoms with Gasteiger partial charge in [0, 0.05) is 7.11 Å². The Hall–Kier alpha value is -0.200. The van der Waals surface area contributed by atoms with E-state index in [0.717, 1.165) is 19.3 Å². The van der Waals surface area contributed by atoms with Crippen molar-refractivity contribution in [3.63, 3.8) is 0 Å². The van der Waals surface area contributed by atoms with Crippen molar-refractivity contribution in [2.45, 2.75) is 45.3 Å². The van der Waals surface area contributed by atoms with Crippen molar-refractivity contribution in [2.24, 2.45) is 5.41 Å². The number of aliphatic hydroxyl groups is 1. The first-order chi connectivity index (χ1) is 9.58. The molecular formula is C15H30O5. The van der Waals surface area contributed by atoms with Gasteiger partial charge in [-0.25, -0.2) is 0 Å². The zero-order valence-electron chi connectivity index (χ0n) is 13.1. The van der Waals surface area contributed by atoms with Gasteiger partial charge in [-0.2, -0.15) is 0 Å². The van der Waals surface area contributed by atoms with E-state index in [4.69, 9.17) is 18.9 Å². The van der Waals surface area contributed by atoms with Gasteiger partial charge in [-0.3, -0.25) is 0 Å². The quantitative estimate of drug-likeness (QED) is 0.620. The molecule has 0 aromatic heterocycles. The summed E-state index contributed by atoms with van der Waals surface area (Å²) in [6.07, 6.45) is 2.67. The average Bonchev–Trinajstić information content (AvgIpc) is 2.41. The Balaban J connectivity index is 1.98. The summed E-state index contributed by atoms with van der Waals surface area (Å²) in [6, 6.07) is 0. The summed E-state index contributed by atoms with van der Waals surface area (Å²) < 4.78 is 21.3. The fourth-order valence-corrected chi connectivity index (χ4v) is 2.46. The van der Waals surface area contributed by atoms with Gasteiger partial charge in [0.15, 0.2) is 0 Å². The van der Waals surface area contributed by atoms with Crippen LogP contribution >= 0.6 is 0 Å². The van der Waals surface area contributed by atoms with Crippen molar-refractivity contribution in [3.8, 4) is 0 Å². The molecular weight excluding hydrogens is 260 g/mol. The third kappa shape index (κ3) is 6.50. The molecule has 5 nitrogen and oxygen atoms in total. The molecule has 1 rings (SSSR count). The smallest absolute Gasteiger partial charge is 0.0852 e. The first-order valence-electron chi connectivity index (χ1n) is 7.52. The lowest BCUT2D eigenvalue weighted by atomic mass is 9.73. The van der Waals surface area contributed by atoms with Crippen LogP contribution in [0.2, 0.25) is 0 Å². The number of aliphatic hydroxyl groups excluding tert-OH is 1. The summed E-state index contributed by atoms with van der Waals surface area (Å²) in [5.74, 6) is 0. The zero-order valence-corrected chi connectivity index (χ0v) is 13.1. The number of hydrogen-bond donors (Lipinski definition) is 1. The van der Waals surface area contributed by atoms with Crippen LogP contribution in [0.1, 0.15) is 33.1 Å². The lowest BCUT2D eigenvalue weighted by Crippen LogP contribution is -2.44. The second-order valence-electron chi connectivity index (χ2n) is 5.95. The Kier molecular flexibility index (Phi) is 8.64. The molecule has 0 saturated heterocycles. The number of hydrogen-bond acceptors (Lipinski definition) is 5. The molecule has 5 heteroatoms. The maximum Gasteiger partial charge on any atom is 0.0852 e. The molecule has 1 aliphatic carbocycles. The Morgan fingerprint density at radius 2 is 1.60 bits per heavy atom. The summed E-state index contributed by atoms with van der Waals surface area (Å²) in [5, 5.41) is 10.2. The van der Waals surface area contributed by atoms with Crippen LogP contribution in [0.25, 0.3) is 0 Å². The highest BCUT2D eigenvalue weighted by Gasteiger charge is 2.38. The van der Waals surface area contributed by atoms with Gasteiger partial charge < -0.3 is 24.1 Å². The van der Waals surface area contributed by atoms with Crippen LogP contribution in [0.3, 0.4) is 0 Å². The third-order valence-electron chi connectivity index (χ3n) is 3.83. The van der Waals surface area contributed by atoms with Crippen LogP contribution in [-0.4, -0.2) is 64.1 Å². The van der Waals surface area contributed by atoms with E-state index in [1.807, 2.05) is 0 Å². The average molecular weight is 290 g/mol. The summed E-state index contributed by atoms with van der Waals surface area (Å²) in [5.41, 5.74) is -0.0427. The molecule has 0 aliphatic heterocycles. The first kappa shape index (κ1) is 17.9. The third-order valence-corrected chi connectivity index (χ3v) is 3.83. The van der Waals surface area contributed by atoms with E-state index >= 15 is 0 Å². The van der Waals surface area contributed by atoms with Gasteiger partial charge in [0.05, 0.1) is 51.8 Å². The zero-order chi connectivity index (χ0) is 14.8. The number of rotatable bonds is 10. The molecule has 0 amide bonds. The summed E-state index contributed by atoms with van der Waals surface area (Å²) in [6.45, 7) is 7.60. The van der Waals surface area contributed by atoms with Crippen LogP contribution in [-0.2, 0) is 18.9 Å². The van der Waals surface area contributed by atoms with E-state index in [2.05, 4.69) is 13.8 Å². The highest BCUT2D eigenvalue weighted by Crippen LogP contribution is 2.36. The summed E-state index contributed by atoms with van der Waals surface area (Å²) >= 11 is 0. The van der Waals surface area contributed by atoms with Crippen LogP contribution in [0.5, 0.6) is 0 Å². The Morgan fingerprint density at radius 1 is 1.00 bits per heavy atom. The van der Waals surface area contributed by atoms with E-state index in [0.29, 0.717) is 39.6 Å². The number of ether oxygens (including phenoxy) is 4. The van der Waals surface area contributed by atoms with Crippen molar-refractivity contribution in [1.29, 1.82) is 0 Å². The molecule has 1 fully saturated rings. The van der Waals surface area contributed by atoms with Crippen molar-refractivity contribution in [2.75, 3.05) is 46.8 Å². The monoisotopic (exact) mass is 290 g/mol. The van der Waals surface area contributed by atoms with Gasteiger partial charge in [-0.05, 0) is 18.3 Å². The van der Waals surface area contributed by atoms with Gasteiger partial charge in [0.1, 0.15) is 0 Å². The van der Waals surface area contributed by atoms with Crippen LogP contribution in [0.4, 0.5) is 0 Å². The molecule has 0 radical (unpaired) electrons. The first-order valence-corrected chi connectivity index (χ1v) is 7.52. The van der Waals surface area contributed by atoms with E-state index in [9.17, 15) is 5.11 Å². The predicted octanol–water partition coefficient (Wildman–Crippen LogP) is 1.62. The lowest BCUT2D eigenvalue weighted by Gasteiger charge is -2.40. The molecule has 0 aromatic carbocycles. The molecule has 120 valence electrons. The minimum absolute atomic E-state index is 0.0427. The molecule has 2 atom stereocenters. The largest absolute Gasteiger partial charge is 0.390 e. The van der Waals surface area contributed by atoms with E-state index in [1.54, 1.807) is 7.11 Å². The maximum absolute atomic E-state index is 10.2. The molecule has 20 heavy (non-hydrogen) atoms. The SMILES string of the molecule is COCCOCCOCCOC1CCCC(C)(C)C1O. The topological polar surface area (TPSA) is 57.2 Å². The van der Waals surface area contributed by atoms with E-state index in [-0.39, 0.29) is 17.6 Å². The second kappa shape index (κ2) is 9.68. The number of methoxy groups -OCH3 is 1. The van der Waals surface area contributed by atoms with Gasteiger partial charge in [-0.1, -0.05) is 20.3 Å².